The van der Waals surface area contributed by atoms with E-state index in [-0.39, 0.29) is 6.61 Å². The smallest absolute Gasteiger partial charge is 0.459 e. The van der Waals surface area contributed by atoms with Crippen molar-refractivity contribution < 1.29 is 54.2 Å². The molecule has 0 atom stereocenters. The minimum absolute atomic E-state index is 0.252. The van der Waals surface area contributed by atoms with E-state index in [1.165, 1.54) is 6.92 Å². The summed E-state index contributed by atoms with van der Waals surface area (Å²) < 4.78 is 98.1. The molecule has 0 aromatic heterocycles. The summed E-state index contributed by atoms with van der Waals surface area (Å²) in [5.74, 6) is -8.02. The predicted octanol–water partition coefficient (Wildman–Crippen LogP) is 3.78. The number of esters is 1. The van der Waals surface area contributed by atoms with Crippen LogP contribution in [0.25, 0.3) is 0 Å². The number of rotatable bonds is 4. The zero-order valence-electron chi connectivity index (χ0n) is 12.8. The Bertz CT molecular complexity index is 664. The van der Waals surface area contributed by atoms with E-state index in [1.807, 2.05) is 0 Å². The van der Waals surface area contributed by atoms with Crippen LogP contribution in [0.15, 0.2) is 18.2 Å². The maximum absolute atomic E-state index is 13.0. The molecular formula is C14H10F8O4. The first-order chi connectivity index (χ1) is 11.7. The minimum Gasteiger partial charge on any atom is -0.459 e. The number of carbonyl (C=O) groups excluding carboxylic acids is 3. The first kappa shape index (κ1) is 23.5. The Morgan fingerprint density at radius 3 is 1.85 bits per heavy atom. The first-order valence-corrected chi connectivity index (χ1v) is 6.52. The lowest BCUT2D eigenvalue weighted by Gasteiger charge is -2.05. The third-order valence-corrected chi connectivity index (χ3v) is 2.38. The van der Waals surface area contributed by atoms with E-state index in [2.05, 4.69) is 4.74 Å². The summed E-state index contributed by atoms with van der Waals surface area (Å²) in [5.41, 5.74) is -0.746. The third kappa shape index (κ3) is 8.03. The van der Waals surface area contributed by atoms with Crippen LogP contribution >= 0.6 is 0 Å². The van der Waals surface area contributed by atoms with Crippen molar-refractivity contribution in [3.8, 4) is 0 Å². The minimum atomic E-state index is -5.15. The molecule has 0 amide bonds. The van der Waals surface area contributed by atoms with Gasteiger partial charge in [-0.1, -0.05) is 0 Å². The van der Waals surface area contributed by atoms with Crippen LogP contribution < -0.4 is 0 Å². The molecule has 1 aromatic rings. The maximum atomic E-state index is 13.0. The Morgan fingerprint density at radius 2 is 1.50 bits per heavy atom. The Kier molecular flexibility index (Phi) is 8.35. The van der Waals surface area contributed by atoms with Crippen molar-refractivity contribution in [3.05, 3.63) is 35.4 Å². The van der Waals surface area contributed by atoms with Crippen molar-refractivity contribution >= 4 is 17.5 Å². The highest BCUT2D eigenvalue weighted by molar-refractivity contribution is 6.09. The molecule has 0 saturated carbocycles. The number of halogens is 8. The second-order valence-corrected chi connectivity index (χ2v) is 4.36. The molecule has 0 spiro atoms. The summed E-state index contributed by atoms with van der Waals surface area (Å²) in [6.07, 6.45) is -11.5. The third-order valence-electron chi connectivity index (χ3n) is 2.38. The molecular weight excluding hydrogens is 384 g/mol. The van der Waals surface area contributed by atoms with Crippen molar-refractivity contribution in [2.75, 3.05) is 6.61 Å². The molecule has 0 aliphatic heterocycles. The van der Waals surface area contributed by atoms with Crippen molar-refractivity contribution in [1.82, 2.24) is 0 Å². The van der Waals surface area contributed by atoms with E-state index >= 15 is 0 Å². The summed E-state index contributed by atoms with van der Waals surface area (Å²) >= 11 is 0. The molecule has 0 fully saturated rings. The second-order valence-electron chi connectivity index (χ2n) is 4.36. The summed E-state index contributed by atoms with van der Waals surface area (Å²) in [4.78, 5) is 31.4. The van der Waals surface area contributed by atoms with Gasteiger partial charge in [0.25, 0.3) is 0 Å². The Labute approximate surface area is 140 Å². The van der Waals surface area contributed by atoms with E-state index in [4.69, 9.17) is 0 Å². The molecule has 4 nitrogen and oxygen atoms in total. The molecule has 1 aromatic carbocycles. The fourth-order valence-corrected chi connectivity index (χ4v) is 1.27. The predicted molar refractivity (Wildman–Crippen MR) is 69.1 cm³/mol. The quantitative estimate of drug-likeness (QED) is 0.338. The van der Waals surface area contributed by atoms with Gasteiger partial charge in [-0.3, -0.25) is 9.59 Å². The van der Waals surface area contributed by atoms with E-state index in [1.54, 1.807) is 0 Å². The van der Waals surface area contributed by atoms with Crippen LogP contribution in [0, 0.1) is 11.6 Å². The number of benzene rings is 1. The Balaban J connectivity index is 0.000000590. The first-order valence-electron chi connectivity index (χ1n) is 6.52. The number of Topliss-reactive ketones (excluding diaryl/α,β-unsaturated/α-hetero) is 2. The van der Waals surface area contributed by atoms with Gasteiger partial charge in [-0.25, -0.2) is 13.6 Å². The average Bonchev–Trinajstić information content (AvgIpc) is 2.45. The molecule has 0 saturated heterocycles. The van der Waals surface area contributed by atoms with E-state index in [0.717, 1.165) is 0 Å². The molecule has 1 rings (SSSR count). The van der Waals surface area contributed by atoms with Crippen molar-refractivity contribution in [3.63, 3.8) is 0 Å². The second kappa shape index (κ2) is 9.25. The molecule has 12 heteroatoms. The molecule has 0 heterocycles. The maximum Gasteiger partial charge on any atom is 0.490 e. The van der Waals surface area contributed by atoms with Crippen molar-refractivity contribution in [2.24, 2.45) is 0 Å². The molecule has 0 N–H and O–H groups in total. The van der Waals surface area contributed by atoms with E-state index in [0.29, 0.717) is 18.2 Å². The van der Waals surface area contributed by atoms with Gasteiger partial charge in [0.05, 0.1) is 18.6 Å². The molecule has 0 radical (unpaired) electrons. The van der Waals surface area contributed by atoms with Crippen molar-refractivity contribution in [2.45, 2.75) is 25.7 Å². The van der Waals surface area contributed by atoms with Crippen LogP contribution in [0.5, 0.6) is 0 Å². The highest BCUT2D eigenvalue weighted by Gasteiger charge is 2.40. The van der Waals surface area contributed by atoms with Crippen LogP contribution in [0.2, 0.25) is 0 Å². The number of alkyl halides is 6. The van der Waals surface area contributed by atoms with Gasteiger partial charge >= 0.3 is 18.3 Å². The molecule has 0 aliphatic rings. The lowest BCUT2D eigenvalue weighted by Crippen LogP contribution is -2.25. The standard InChI is InChI=1S/C10H5F5O2.C4H5F3O2/c11-5-1-2-6(7(12)3-5)8(16)4-9(17)10(13,14)15;1-2-9-3(8)4(5,6)7/h1-3H,4H2;2H2,1H3. The van der Waals surface area contributed by atoms with Crippen LogP contribution in [0.3, 0.4) is 0 Å². The number of hydrogen-bond acceptors (Lipinski definition) is 4. The van der Waals surface area contributed by atoms with Gasteiger partial charge in [-0.2, -0.15) is 26.3 Å². The molecule has 0 unspecified atom stereocenters. The fourth-order valence-electron chi connectivity index (χ4n) is 1.27. The lowest BCUT2D eigenvalue weighted by molar-refractivity contribution is -0.199. The summed E-state index contributed by atoms with van der Waals surface area (Å²) in [5, 5.41) is 0. The molecule has 0 aliphatic carbocycles. The number of carbonyl (C=O) groups is 3. The Morgan fingerprint density at radius 1 is 0.962 bits per heavy atom. The average molecular weight is 394 g/mol. The van der Waals surface area contributed by atoms with E-state index in [9.17, 15) is 49.5 Å². The van der Waals surface area contributed by atoms with Gasteiger partial charge in [-0.05, 0) is 19.1 Å². The highest BCUT2D eigenvalue weighted by Crippen LogP contribution is 2.20. The van der Waals surface area contributed by atoms with E-state index < -0.39 is 53.5 Å². The number of ketones is 2. The van der Waals surface area contributed by atoms with Crippen LogP contribution in [-0.2, 0) is 14.3 Å². The Hall–Kier alpha value is -2.53. The van der Waals surface area contributed by atoms with Crippen LogP contribution in [0.1, 0.15) is 23.7 Å². The lowest BCUT2D eigenvalue weighted by atomic mass is 10.1. The molecule has 0 bridgehead atoms. The molecule has 26 heavy (non-hydrogen) atoms. The monoisotopic (exact) mass is 394 g/mol. The van der Waals surface area contributed by atoms with Gasteiger partial charge in [0.15, 0.2) is 5.78 Å². The number of ether oxygens (including phenoxy) is 1. The van der Waals surface area contributed by atoms with Gasteiger partial charge in [0.2, 0.25) is 5.78 Å². The summed E-state index contributed by atoms with van der Waals surface area (Å²) in [7, 11) is 0. The largest absolute Gasteiger partial charge is 0.490 e. The summed E-state index contributed by atoms with van der Waals surface area (Å²) in [6.45, 7) is 1.06. The van der Waals surface area contributed by atoms with Gasteiger partial charge < -0.3 is 4.74 Å². The fraction of sp³-hybridized carbons (Fsp3) is 0.357. The van der Waals surface area contributed by atoms with Crippen molar-refractivity contribution in [1.29, 1.82) is 0 Å². The topological polar surface area (TPSA) is 60.4 Å². The van der Waals surface area contributed by atoms with Gasteiger partial charge in [0, 0.05) is 6.07 Å². The van der Waals surface area contributed by atoms with Crippen LogP contribution in [-0.4, -0.2) is 36.5 Å². The summed E-state index contributed by atoms with van der Waals surface area (Å²) in [6, 6.07) is 1.76. The highest BCUT2D eigenvalue weighted by atomic mass is 19.4. The van der Waals surface area contributed by atoms with Gasteiger partial charge in [0.1, 0.15) is 11.6 Å². The number of hydrogen-bond donors (Lipinski definition) is 0. The zero-order valence-corrected chi connectivity index (χ0v) is 12.8. The van der Waals surface area contributed by atoms with Gasteiger partial charge in [-0.15, -0.1) is 0 Å². The van der Waals surface area contributed by atoms with Crippen LogP contribution in [0.4, 0.5) is 35.1 Å². The SMILES string of the molecule is CCOC(=O)C(F)(F)F.O=C(CC(=O)C(F)(F)F)c1ccc(F)cc1F. The molecule has 146 valence electrons. The normalized spacial score (nSPS) is 11.3. The zero-order chi connectivity index (χ0) is 20.7.